The lowest BCUT2D eigenvalue weighted by molar-refractivity contribution is 0.777. The maximum atomic E-state index is 4.32. The van der Waals surface area contributed by atoms with E-state index in [1.165, 1.54) is 0 Å². The summed E-state index contributed by atoms with van der Waals surface area (Å²) in [7, 11) is 0. The maximum Gasteiger partial charge on any atom is 0.242 e. The van der Waals surface area contributed by atoms with E-state index >= 15 is 0 Å². The molecule has 0 spiro atoms. The van der Waals surface area contributed by atoms with Gasteiger partial charge in [0.25, 0.3) is 0 Å². The Labute approximate surface area is 104 Å². The van der Waals surface area contributed by atoms with Crippen LogP contribution >= 0.6 is 11.3 Å². The lowest BCUT2D eigenvalue weighted by Gasteiger charge is -2.10. The van der Waals surface area contributed by atoms with Gasteiger partial charge in [0.1, 0.15) is 0 Å². The van der Waals surface area contributed by atoms with Gasteiger partial charge in [0.05, 0.1) is 16.4 Å². The fourth-order valence-electron chi connectivity index (χ4n) is 1.34. The SMILES string of the molecule is Cc1nnc(NCC(C)c2nccs2)nc1C. The van der Waals surface area contributed by atoms with Gasteiger partial charge in [-0.2, -0.15) is 5.10 Å². The molecule has 6 heteroatoms. The predicted molar refractivity (Wildman–Crippen MR) is 68.3 cm³/mol. The Kier molecular flexibility index (Phi) is 3.63. The summed E-state index contributed by atoms with van der Waals surface area (Å²) in [6.07, 6.45) is 1.82. The molecule has 0 aliphatic carbocycles. The summed E-state index contributed by atoms with van der Waals surface area (Å²) < 4.78 is 0. The molecule has 5 nitrogen and oxygen atoms in total. The third-order valence-corrected chi connectivity index (χ3v) is 3.54. The monoisotopic (exact) mass is 249 g/mol. The first kappa shape index (κ1) is 11.9. The minimum Gasteiger partial charge on any atom is -0.352 e. The molecule has 0 aliphatic rings. The Bertz CT molecular complexity index is 483. The van der Waals surface area contributed by atoms with Crippen LogP contribution in [0.3, 0.4) is 0 Å². The van der Waals surface area contributed by atoms with Gasteiger partial charge < -0.3 is 5.32 Å². The second kappa shape index (κ2) is 5.18. The molecule has 17 heavy (non-hydrogen) atoms. The van der Waals surface area contributed by atoms with Crippen molar-refractivity contribution in [3.63, 3.8) is 0 Å². The van der Waals surface area contributed by atoms with E-state index in [0.717, 1.165) is 22.9 Å². The average Bonchev–Trinajstić information content (AvgIpc) is 2.84. The Hall–Kier alpha value is -1.56. The number of hydrogen-bond donors (Lipinski definition) is 1. The summed E-state index contributed by atoms with van der Waals surface area (Å²) in [6.45, 7) is 6.72. The fourth-order valence-corrected chi connectivity index (χ4v) is 2.04. The van der Waals surface area contributed by atoms with E-state index in [9.17, 15) is 0 Å². The third-order valence-electron chi connectivity index (χ3n) is 2.53. The van der Waals surface area contributed by atoms with Crippen LogP contribution < -0.4 is 5.32 Å². The van der Waals surface area contributed by atoms with Crippen LogP contribution in [0.2, 0.25) is 0 Å². The molecule has 2 aromatic rings. The molecule has 1 unspecified atom stereocenters. The van der Waals surface area contributed by atoms with Gasteiger partial charge in [-0.05, 0) is 13.8 Å². The second-order valence-corrected chi connectivity index (χ2v) is 4.88. The predicted octanol–water partition coefficient (Wildman–Crippen LogP) is 2.16. The number of anilines is 1. The lowest BCUT2D eigenvalue weighted by atomic mass is 10.2. The van der Waals surface area contributed by atoms with Crippen molar-refractivity contribution in [1.29, 1.82) is 0 Å². The van der Waals surface area contributed by atoms with Crippen molar-refractivity contribution < 1.29 is 0 Å². The number of aryl methyl sites for hydroxylation is 2. The van der Waals surface area contributed by atoms with Gasteiger partial charge in [-0.25, -0.2) is 9.97 Å². The molecule has 0 aliphatic heterocycles. The summed E-state index contributed by atoms with van der Waals surface area (Å²) in [6, 6.07) is 0. The summed E-state index contributed by atoms with van der Waals surface area (Å²) in [5, 5.41) is 14.3. The highest BCUT2D eigenvalue weighted by atomic mass is 32.1. The van der Waals surface area contributed by atoms with Crippen molar-refractivity contribution in [3.8, 4) is 0 Å². The first-order valence-electron chi connectivity index (χ1n) is 5.48. The number of thiazole rings is 1. The highest BCUT2D eigenvalue weighted by Gasteiger charge is 2.09. The number of aromatic nitrogens is 4. The van der Waals surface area contributed by atoms with Crippen molar-refractivity contribution >= 4 is 17.3 Å². The molecule has 0 saturated carbocycles. The van der Waals surface area contributed by atoms with Crippen LogP contribution in [-0.2, 0) is 0 Å². The first-order valence-corrected chi connectivity index (χ1v) is 6.36. The quantitative estimate of drug-likeness (QED) is 0.899. The second-order valence-electron chi connectivity index (χ2n) is 3.96. The van der Waals surface area contributed by atoms with E-state index in [-0.39, 0.29) is 0 Å². The molecular weight excluding hydrogens is 234 g/mol. The van der Waals surface area contributed by atoms with Crippen molar-refractivity contribution in [2.75, 3.05) is 11.9 Å². The summed E-state index contributed by atoms with van der Waals surface area (Å²) in [5.74, 6) is 0.928. The molecule has 1 N–H and O–H groups in total. The van der Waals surface area contributed by atoms with Crippen molar-refractivity contribution in [3.05, 3.63) is 28.0 Å². The van der Waals surface area contributed by atoms with Crippen LogP contribution in [-0.4, -0.2) is 26.7 Å². The zero-order chi connectivity index (χ0) is 12.3. The number of nitrogens with zero attached hydrogens (tertiary/aromatic N) is 4. The highest BCUT2D eigenvalue weighted by Crippen LogP contribution is 2.17. The fraction of sp³-hybridized carbons (Fsp3) is 0.455. The van der Waals surface area contributed by atoms with Crippen LogP contribution in [0.5, 0.6) is 0 Å². The molecule has 2 heterocycles. The van der Waals surface area contributed by atoms with Gasteiger partial charge in [-0.15, -0.1) is 16.4 Å². The Balaban J connectivity index is 1.96. The van der Waals surface area contributed by atoms with Gasteiger partial charge in [-0.3, -0.25) is 0 Å². The van der Waals surface area contributed by atoms with Gasteiger partial charge in [0.15, 0.2) is 0 Å². The first-order chi connectivity index (χ1) is 8.16. The van der Waals surface area contributed by atoms with Gasteiger partial charge >= 0.3 is 0 Å². The van der Waals surface area contributed by atoms with E-state index in [0.29, 0.717) is 11.9 Å². The smallest absolute Gasteiger partial charge is 0.242 e. The van der Waals surface area contributed by atoms with Crippen LogP contribution in [0, 0.1) is 13.8 Å². The molecule has 0 radical (unpaired) electrons. The molecule has 0 aromatic carbocycles. The van der Waals surface area contributed by atoms with Crippen LogP contribution in [0.15, 0.2) is 11.6 Å². The lowest BCUT2D eigenvalue weighted by Crippen LogP contribution is -2.13. The minimum absolute atomic E-state index is 0.347. The van der Waals surface area contributed by atoms with E-state index in [2.05, 4.69) is 32.4 Å². The molecular formula is C11H15N5S. The maximum absolute atomic E-state index is 4.32. The minimum atomic E-state index is 0.347. The number of hydrogen-bond acceptors (Lipinski definition) is 6. The Morgan fingerprint density at radius 1 is 1.29 bits per heavy atom. The Morgan fingerprint density at radius 3 is 2.76 bits per heavy atom. The molecule has 2 aromatic heterocycles. The standard InChI is InChI=1S/C11H15N5S/c1-7(10-12-4-5-17-10)6-13-11-14-8(2)9(3)15-16-11/h4-5,7H,6H2,1-3H3,(H,13,14,16). The number of rotatable bonds is 4. The van der Waals surface area contributed by atoms with E-state index in [1.54, 1.807) is 11.3 Å². The van der Waals surface area contributed by atoms with Crippen LogP contribution in [0.1, 0.15) is 29.2 Å². The molecule has 2 rings (SSSR count). The summed E-state index contributed by atoms with van der Waals surface area (Å²) in [5.41, 5.74) is 1.77. The topological polar surface area (TPSA) is 63.6 Å². The zero-order valence-corrected chi connectivity index (χ0v) is 11.0. The molecule has 0 amide bonds. The molecule has 90 valence electrons. The summed E-state index contributed by atoms with van der Waals surface area (Å²) in [4.78, 5) is 8.61. The molecule has 0 saturated heterocycles. The van der Waals surface area contributed by atoms with Gasteiger partial charge in [-0.1, -0.05) is 6.92 Å². The Morgan fingerprint density at radius 2 is 2.12 bits per heavy atom. The van der Waals surface area contributed by atoms with Crippen LogP contribution in [0.4, 0.5) is 5.95 Å². The van der Waals surface area contributed by atoms with Gasteiger partial charge in [0, 0.05) is 24.0 Å². The number of nitrogens with one attached hydrogen (secondary N) is 1. The van der Waals surface area contributed by atoms with E-state index < -0.39 is 0 Å². The largest absolute Gasteiger partial charge is 0.352 e. The summed E-state index contributed by atoms with van der Waals surface area (Å²) >= 11 is 1.66. The van der Waals surface area contributed by atoms with E-state index in [4.69, 9.17) is 0 Å². The van der Waals surface area contributed by atoms with Crippen molar-refractivity contribution in [2.24, 2.45) is 0 Å². The molecule has 0 bridgehead atoms. The molecule has 1 atom stereocenters. The third kappa shape index (κ3) is 2.97. The van der Waals surface area contributed by atoms with Crippen molar-refractivity contribution in [2.45, 2.75) is 26.7 Å². The average molecular weight is 249 g/mol. The van der Waals surface area contributed by atoms with Crippen LogP contribution in [0.25, 0.3) is 0 Å². The molecule has 0 fully saturated rings. The van der Waals surface area contributed by atoms with Gasteiger partial charge in [0.2, 0.25) is 5.95 Å². The van der Waals surface area contributed by atoms with E-state index in [1.807, 2.05) is 25.4 Å². The highest BCUT2D eigenvalue weighted by molar-refractivity contribution is 7.09. The zero-order valence-electron chi connectivity index (χ0n) is 10.1. The normalized spacial score (nSPS) is 12.4. The van der Waals surface area contributed by atoms with Crippen molar-refractivity contribution in [1.82, 2.24) is 20.2 Å².